The Hall–Kier alpha value is -2.49. The molecule has 3 aliphatic heterocycles. The van der Waals surface area contributed by atoms with Crippen molar-refractivity contribution in [1.82, 2.24) is 10.6 Å². The van der Waals surface area contributed by atoms with Gasteiger partial charge in [0.05, 0.1) is 5.92 Å². The fraction of sp³-hybridized carbons (Fsp3) is 0.600. The smallest absolute Gasteiger partial charge is 0.475 e. The number of carbonyl (C=O) groups excluding carboxylic acids is 1. The number of fused-ring (bicyclic) bond motifs is 3. The van der Waals surface area contributed by atoms with E-state index in [4.69, 9.17) is 19.4 Å². The summed E-state index contributed by atoms with van der Waals surface area (Å²) in [7, 11) is 0. The predicted octanol–water partition coefficient (Wildman–Crippen LogP) is 2.94. The van der Waals surface area contributed by atoms with Crippen molar-refractivity contribution in [1.29, 1.82) is 0 Å². The van der Waals surface area contributed by atoms with Gasteiger partial charge in [0.1, 0.15) is 0 Å². The Balaban J connectivity index is 0.000000318. The first-order chi connectivity index (χ1) is 14.1. The SMILES string of the molecule is CCC(C(=O)NCC12CCC(CC1)N2)c1ccc2c(c1)OCO2.O=C(O)C(F)(F)F. The van der Waals surface area contributed by atoms with Gasteiger partial charge in [0, 0.05) is 18.1 Å². The van der Waals surface area contributed by atoms with E-state index in [9.17, 15) is 18.0 Å². The Morgan fingerprint density at radius 3 is 2.43 bits per heavy atom. The van der Waals surface area contributed by atoms with Crippen LogP contribution in [0.5, 0.6) is 11.5 Å². The average molecular weight is 430 g/mol. The third kappa shape index (κ3) is 4.97. The monoisotopic (exact) mass is 430 g/mol. The van der Waals surface area contributed by atoms with Gasteiger partial charge in [-0.3, -0.25) is 4.79 Å². The second-order valence-electron chi connectivity index (χ2n) is 7.79. The van der Waals surface area contributed by atoms with Gasteiger partial charge in [-0.05, 0) is 49.8 Å². The molecule has 0 aromatic heterocycles. The molecule has 1 atom stereocenters. The summed E-state index contributed by atoms with van der Waals surface area (Å²) in [6.45, 7) is 3.05. The predicted molar refractivity (Wildman–Crippen MR) is 100 cm³/mol. The highest BCUT2D eigenvalue weighted by Crippen LogP contribution is 2.38. The molecule has 166 valence electrons. The molecular weight excluding hydrogens is 405 g/mol. The third-order valence-electron chi connectivity index (χ3n) is 5.82. The van der Waals surface area contributed by atoms with Gasteiger partial charge in [-0.25, -0.2) is 4.79 Å². The van der Waals surface area contributed by atoms with Crippen LogP contribution in [0.1, 0.15) is 50.5 Å². The van der Waals surface area contributed by atoms with E-state index in [0.29, 0.717) is 6.04 Å². The Kier molecular flexibility index (Phi) is 6.44. The van der Waals surface area contributed by atoms with Crippen LogP contribution in [0.4, 0.5) is 13.2 Å². The molecule has 30 heavy (non-hydrogen) atoms. The van der Waals surface area contributed by atoms with Crippen LogP contribution < -0.4 is 20.1 Å². The molecule has 0 saturated carbocycles. The molecule has 0 aliphatic carbocycles. The highest BCUT2D eigenvalue weighted by atomic mass is 19.4. The number of ether oxygens (including phenoxy) is 2. The van der Waals surface area contributed by atoms with Crippen LogP contribution in [-0.4, -0.2) is 48.1 Å². The van der Waals surface area contributed by atoms with Crippen LogP contribution in [0.2, 0.25) is 0 Å². The summed E-state index contributed by atoms with van der Waals surface area (Å²) in [5.41, 5.74) is 1.14. The number of carboxylic acids is 1. The molecule has 2 fully saturated rings. The molecule has 3 aliphatic rings. The van der Waals surface area contributed by atoms with Crippen molar-refractivity contribution in [2.24, 2.45) is 0 Å². The third-order valence-corrected chi connectivity index (χ3v) is 5.82. The number of aliphatic carboxylic acids is 1. The zero-order chi connectivity index (χ0) is 21.9. The number of nitrogens with one attached hydrogen (secondary N) is 2. The molecule has 1 amide bonds. The Bertz CT molecular complexity index is 791. The number of halogens is 3. The van der Waals surface area contributed by atoms with Gasteiger partial charge in [0.15, 0.2) is 11.5 Å². The minimum absolute atomic E-state index is 0.109. The van der Waals surface area contributed by atoms with E-state index in [1.807, 2.05) is 25.1 Å². The molecule has 2 saturated heterocycles. The van der Waals surface area contributed by atoms with E-state index in [-0.39, 0.29) is 24.2 Å². The quantitative estimate of drug-likeness (QED) is 0.665. The fourth-order valence-electron chi connectivity index (χ4n) is 4.20. The van der Waals surface area contributed by atoms with Crippen LogP contribution >= 0.6 is 0 Å². The van der Waals surface area contributed by atoms with E-state index >= 15 is 0 Å². The van der Waals surface area contributed by atoms with E-state index in [1.165, 1.54) is 25.7 Å². The number of hydrogen-bond acceptors (Lipinski definition) is 5. The molecule has 10 heteroatoms. The summed E-state index contributed by atoms with van der Waals surface area (Å²) < 4.78 is 42.5. The summed E-state index contributed by atoms with van der Waals surface area (Å²) in [5, 5.41) is 14.0. The summed E-state index contributed by atoms with van der Waals surface area (Å²) >= 11 is 0. The number of alkyl halides is 3. The molecule has 1 aromatic carbocycles. The van der Waals surface area contributed by atoms with Crippen molar-refractivity contribution >= 4 is 11.9 Å². The molecule has 1 aromatic rings. The molecule has 0 spiro atoms. The van der Waals surface area contributed by atoms with Crippen LogP contribution in [0.25, 0.3) is 0 Å². The minimum atomic E-state index is -5.08. The number of carbonyl (C=O) groups is 2. The number of benzene rings is 1. The summed E-state index contributed by atoms with van der Waals surface area (Å²) in [5.74, 6) is -1.29. The maximum Gasteiger partial charge on any atom is 0.490 e. The number of rotatable bonds is 5. The molecule has 4 rings (SSSR count). The maximum absolute atomic E-state index is 12.7. The van der Waals surface area contributed by atoms with Gasteiger partial charge in [-0.1, -0.05) is 13.0 Å². The molecule has 7 nitrogen and oxygen atoms in total. The highest BCUT2D eigenvalue weighted by Gasteiger charge is 2.44. The van der Waals surface area contributed by atoms with Crippen molar-refractivity contribution in [3.8, 4) is 11.5 Å². The van der Waals surface area contributed by atoms with Crippen molar-refractivity contribution in [2.75, 3.05) is 13.3 Å². The van der Waals surface area contributed by atoms with Crippen LogP contribution in [0.15, 0.2) is 18.2 Å². The molecular formula is C20H25F3N2O5. The van der Waals surface area contributed by atoms with E-state index in [0.717, 1.165) is 30.0 Å². The Morgan fingerprint density at radius 1 is 1.27 bits per heavy atom. The van der Waals surface area contributed by atoms with Crippen molar-refractivity contribution in [2.45, 2.75) is 62.7 Å². The average Bonchev–Trinajstić information content (AvgIpc) is 3.42. The lowest BCUT2D eigenvalue weighted by Crippen LogP contribution is -2.48. The highest BCUT2D eigenvalue weighted by molar-refractivity contribution is 5.84. The van der Waals surface area contributed by atoms with Gasteiger partial charge >= 0.3 is 12.1 Å². The van der Waals surface area contributed by atoms with E-state index < -0.39 is 12.1 Å². The van der Waals surface area contributed by atoms with E-state index in [1.54, 1.807) is 0 Å². The lowest BCUT2D eigenvalue weighted by Gasteiger charge is -2.27. The zero-order valence-electron chi connectivity index (χ0n) is 16.6. The zero-order valence-corrected chi connectivity index (χ0v) is 16.6. The van der Waals surface area contributed by atoms with Crippen molar-refractivity contribution in [3.63, 3.8) is 0 Å². The fourth-order valence-corrected chi connectivity index (χ4v) is 4.20. The summed E-state index contributed by atoms with van der Waals surface area (Å²) in [6, 6.07) is 6.47. The van der Waals surface area contributed by atoms with Gasteiger partial charge < -0.3 is 25.2 Å². The van der Waals surface area contributed by atoms with Gasteiger partial charge in [-0.15, -0.1) is 0 Å². The molecule has 1 unspecified atom stereocenters. The molecule has 3 N–H and O–H groups in total. The Labute approximate surface area is 171 Å². The topological polar surface area (TPSA) is 96.9 Å². The lowest BCUT2D eigenvalue weighted by atomic mass is 9.87. The van der Waals surface area contributed by atoms with Crippen LogP contribution in [0, 0.1) is 0 Å². The van der Waals surface area contributed by atoms with Gasteiger partial charge in [0.25, 0.3) is 0 Å². The first-order valence-corrected chi connectivity index (χ1v) is 9.88. The normalized spacial score (nSPS) is 24.7. The van der Waals surface area contributed by atoms with Crippen molar-refractivity contribution < 1.29 is 37.3 Å². The number of hydrogen-bond donors (Lipinski definition) is 3. The lowest BCUT2D eigenvalue weighted by molar-refractivity contribution is -0.192. The summed E-state index contributed by atoms with van der Waals surface area (Å²) in [6.07, 6.45) is 0.538. The number of carboxylic acid groups (broad SMARTS) is 1. The molecule has 2 bridgehead atoms. The van der Waals surface area contributed by atoms with Crippen LogP contribution in [0.3, 0.4) is 0 Å². The van der Waals surface area contributed by atoms with Crippen LogP contribution in [-0.2, 0) is 9.59 Å². The van der Waals surface area contributed by atoms with Crippen molar-refractivity contribution in [3.05, 3.63) is 23.8 Å². The standard InChI is InChI=1S/C18H24N2O3.C2HF3O2/c1-2-14(12-3-4-15-16(9-12)23-11-22-15)17(21)19-10-18-7-5-13(20-18)6-8-18;3-2(4,5)1(6)7/h3-4,9,13-14,20H,2,5-8,10-11H2,1H3,(H,19,21);(H,6,7). The first kappa shape index (κ1) is 22.2. The summed E-state index contributed by atoms with van der Waals surface area (Å²) in [4.78, 5) is 21.6. The molecule has 0 radical (unpaired) electrons. The number of amides is 1. The molecule has 3 heterocycles. The first-order valence-electron chi connectivity index (χ1n) is 9.88. The maximum atomic E-state index is 12.7. The van der Waals surface area contributed by atoms with Gasteiger partial charge in [-0.2, -0.15) is 13.2 Å². The minimum Gasteiger partial charge on any atom is -0.475 e. The second kappa shape index (κ2) is 8.71. The largest absolute Gasteiger partial charge is 0.490 e. The van der Waals surface area contributed by atoms with E-state index in [2.05, 4.69) is 10.6 Å². The van der Waals surface area contributed by atoms with Gasteiger partial charge in [0.2, 0.25) is 12.7 Å². The second-order valence-corrected chi connectivity index (χ2v) is 7.79. The Morgan fingerprint density at radius 2 is 1.90 bits per heavy atom.